The normalized spacial score (nSPS) is 28.2. The van der Waals surface area contributed by atoms with Gasteiger partial charge >= 0.3 is 5.97 Å². The largest absolute Gasteiger partial charge is 0.481 e. The molecule has 0 heterocycles. The first kappa shape index (κ1) is 14.0. The minimum Gasteiger partial charge on any atom is -0.481 e. The van der Waals surface area contributed by atoms with E-state index in [0.29, 0.717) is 6.42 Å². The number of carboxylic acid groups (broad SMARTS) is 1. The number of rotatable bonds is 4. The van der Waals surface area contributed by atoms with Crippen LogP contribution >= 0.6 is 0 Å². The number of carboxylic acids is 1. The summed E-state index contributed by atoms with van der Waals surface area (Å²) in [6.07, 6.45) is 2.94. The van der Waals surface area contributed by atoms with Crippen LogP contribution in [0.15, 0.2) is 0 Å². The lowest BCUT2D eigenvalue weighted by atomic mass is 9.90. The summed E-state index contributed by atoms with van der Waals surface area (Å²) in [4.78, 5) is 22.6. The Morgan fingerprint density at radius 2 is 1.76 bits per heavy atom. The fourth-order valence-corrected chi connectivity index (χ4v) is 2.03. The van der Waals surface area contributed by atoms with Crippen molar-refractivity contribution in [1.29, 1.82) is 0 Å². The van der Waals surface area contributed by atoms with Crippen molar-refractivity contribution in [2.45, 2.75) is 51.7 Å². The van der Waals surface area contributed by atoms with E-state index >= 15 is 0 Å². The van der Waals surface area contributed by atoms with E-state index in [-0.39, 0.29) is 11.9 Å². The highest BCUT2D eigenvalue weighted by Gasteiger charge is 2.30. The Labute approximate surface area is 101 Å². The zero-order valence-electron chi connectivity index (χ0n) is 10.3. The Morgan fingerprint density at radius 3 is 2.29 bits per heavy atom. The number of aliphatic hydroxyl groups excluding tert-OH is 1. The summed E-state index contributed by atoms with van der Waals surface area (Å²) in [5.74, 6) is -2.56. The summed E-state index contributed by atoms with van der Waals surface area (Å²) in [7, 11) is 0. The molecule has 1 fully saturated rings. The summed E-state index contributed by atoms with van der Waals surface area (Å²) in [5, 5.41) is 21.3. The number of aliphatic hydroxyl groups is 1. The van der Waals surface area contributed by atoms with Gasteiger partial charge in [-0.2, -0.15) is 0 Å². The predicted molar refractivity (Wildman–Crippen MR) is 62.4 cm³/mol. The van der Waals surface area contributed by atoms with Gasteiger partial charge in [-0.25, -0.2) is 0 Å². The molecule has 1 aliphatic rings. The van der Waals surface area contributed by atoms with Gasteiger partial charge in [0, 0.05) is 5.92 Å². The van der Waals surface area contributed by atoms with Crippen LogP contribution in [0.4, 0.5) is 0 Å². The molecule has 0 aromatic rings. The topological polar surface area (TPSA) is 86.6 Å². The highest BCUT2D eigenvalue weighted by Crippen LogP contribution is 2.19. The monoisotopic (exact) mass is 243 g/mol. The Morgan fingerprint density at radius 1 is 1.18 bits per heavy atom. The highest BCUT2D eigenvalue weighted by atomic mass is 16.4. The Hall–Kier alpha value is -1.10. The van der Waals surface area contributed by atoms with E-state index < -0.39 is 23.9 Å². The van der Waals surface area contributed by atoms with Gasteiger partial charge in [-0.3, -0.25) is 9.59 Å². The van der Waals surface area contributed by atoms with Gasteiger partial charge < -0.3 is 15.5 Å². The number of hydrogen-bond acceptors (Lipinski definition) is 3. The molecule has 3 N–H and O–H groups in total. The molecular formula is C12H21NO4. The maximum Gasteiger partial charge on any atom is 0.307 e. The van der Waals surface area contributed by atoms with Crippen LogP contribution in [0.1, 0.15) is 39.5 Å². The fourth-order valence-electron chi connectivity index (χ4n) is 2.03. The lowest BCUT2D eigenvalue weighted by Gasteiger charge is -2.29. The van der Waals surface area contributed by atoms with Crippen molar-refractivity contribution < 1.29 is 19.8 Å². The van der Waals surface area contributed by atoms with Gasteiger partial charge in [0.25, 0.3) is 0 Å². The highest BCUT2D eigenvalue weighted by molar-refractivity contribution is 5.84. The molecule has 0 aliphatic heterocycles. The third-order valence-corrected chi connectivity index (χ3v) is 3.61. The van der Waals surface area contributed by atoms with Crippen LogP contribution in [0.5, 0.6) is 0 Å². The molecule has 1 saturated carbocycles. The molecule has 0 radical (unpaired) electrons. The summed E-state index contributed by atoms with van der Waals surface area (Å²) in [6.45, 7) is 3.12. The van der Waals surface area contributed by atoms with Crippen LogP contribution in [-0.2, 0) is 9.59 Å². The van der Waals surface area contributed by atoms with Gasteiger partial charge in [-0.15, -0.1) is 0 Å². The smallest absolute Gasteiger partial charge is 0.307 e. The maximum absolute atomic E-state index is 11.8. The third kappa shape index (κ3) is 3.70. The first-order valence-electron chi connectivity index (χ1n) is 6.14. The van der Waals surface area contributed by atoms with Crippen molar-refractivity contribution in [3.63, 3.8) is 0 Å². The minimum absolute atomic E-state index is 0.223. The zero-order valence-corrected chi connectivity index (χ0v) is 10.3. The van der Waals surface area contributed by atoms with Gasteiger partial charge in [-0.05, 0) is 12.8 Å². The molecule has 0 aromatic heterocycles. The summed E-state index contributed by atoms with van der Waals surface area (Å²) in [5.41, 5.74) is 0. The molecule has 0 aromatic carbocycles. The van der Waals surface area contributed by atoms with Crippen molar-refractivity contribution in [1.82, 2.24) is 5.32 Å². The number of carbonyl (C=O) groups is 2. The number of amides is 1. The van der Waals surface area contributed by atoms with E-state index in [9.17, 15) is 14.7 Å². The van der Waals surface area contributed by atoms with Crippen LogP contribution in [0.2, 0.25) is 0 Å². The molecular weight excluding hydrogens is 222 g/mol. The molecule has 17 heavy (non-hydrogen) atoms. The molecule has 1 amide bonds. The van der Waals surface area contributed by atoms with Crippen LogP contribution in [0, 0.1) is 11.8 Å². The Bertz CT molecular complexity index is 292. The SMILES string of the molecule is CC(C(=O)O)C(C)C(=O)N[C@@H]1CCCC[C@H]1O. The van der Waals surface area contributed by atoms with Crippen LogP contribution in [0.25, 0.3) is 0 Å². The van der Waals surface area contributed by atoms with Crippen molar-refractivity contribution in [2.24, 2.45) is 11.8 Å². The lowest BCUT2D eigenvalue weighted by molar-refractivity contribution is -0.146. The first-order chi connectivity index (χ1) is 7.93. The second kappa shape index (κ2) is 6.00. The van der Waals surface area contributed by atoms with Crippen LogP contribution in [-0.4, -0.2) is 34.2 Å². The van der Waals surface area contributed by atoms with Crippen molar-refractivity contribution >= 4 is 11.9 Å². The predicted octanol–water partition coefficient (Wildman–Crippen LogP) is 0.763. The molecule has 4 atom stereocenters. The Kier molecular flexibility index (Phi) is 4.93. The molecule has 0 spiro atoms. The second-order valence-corrected chi connectivity index (χ2v) is 4.88. The molecule has 2 unspecified atom stereocenters. The van der Waals surface area contributed by atoms with Gasteiger partial charge in [-0.1, -0.05) is 26.7 Å². The van der Waals surface area contributed by atoms with Crippen molar-refractivity contribution in [3.05, 3.63) is 0 Å². The second-order valence-electron chi connectivity index (χ2n) is 4.88. The molecule has 5 heteroatoms. The zero-order chi connectivity index (χ0) is 13.0. The van der Waals surface area contributed by atoms with E-state index in [1.54, 1.807) is 6.92 Å². The fraction of sp³-hybridized carbons (Fsp3) is 0.833. The van der Waals surface area contributed by atoms with Crippen LogP contribution in [0.3, 0.4) is 0 Å². The van der Waals surface area contributed by atoms with E-state index in [1.807, 2.05) is 0 Å². The summed E-state index contributed by atoms with van der Waals surface area (Å²) >= 11 is 0. The molecule has 0 bridgehead atoms. The average molecular weight is 243 g/mol. The lowest BCUT2D eigenvalue weighted by Crippen LogP contribution is -2.48. The van der Waals surface area contributed by atoms with E-state index in [4.69, 9.17) is 5.11 Å². The molecule has 1 aliphatic carbocycles. The summed E-state index contributed by atoms with van der Waals surface area (Å²) in [6, 6.07) is -0.223. The van der Waals surface area contributed by atoms with E-state index in [2.05, 4.69) is 5.32 Å². The molecule has 98 valence electrons. The quantitative estimate of drug-likeness (QED) is 0.680. The first-order valence-corrected chi connectivity index (χ1v) is 6.14. The number of carbonyl (C=O) groups excluding carboxylic acids is 1. The van der Waals surface area contributed by atoms with E-state index in [1.165, 1.54) is 6.92 Å². The van der Waals surface area contributed by atoms with Gasteiger partial charge in [0.2, 0.25) is 5.91 Å². The van der Waals surface area contributed by atoms with Gasteiger partial charge in [0.15, 0.2) is 0 Å². The average Bonchev–Trinajstić information content (AvgIpc) is 2.30. The number of aliphatic carboxylic acids is 1. The van der Waals surface area contributed by atoms with Crippen LogP contribution < -0.4 is 5.32 Å². The Balaban J connectivity index is 2.50. The molecule has 1 rings (SSSR count). The standard InChI is InChI=1S/C12H21NO4/c1-7(8(2)12(16)17)11(15)13-9-5-3-4-6-10(9)14/h7-10,14H,3-6H2,1-2H3,(H,13,15)(H,16,17)/t7?,8?,9-,10-/m1/s1. The minimum atomic E-state index is -0.975. The molecule has 5 nitrogen and oxygen atoms in total. The summed E-state index contributed by atoms with van der Waals surface area (Å²) < 4.78 is 0. The van der Waals surface area contributed by atoms with Gasteiger partial charge in [0.05, 0.1) is 18.1 Å². The third-order valence-electron chi connectivity index (χ3n) is 3.61. The number of hydrogen-bond donors (Lipinski definition) is 3. The molecule has 0 saturated heterocycles. The van der Waals surface area contributed by atoms with E-state index in [0.717, 1.165) is 19.3 Å². The van der Waals surface area contributed by atoms with Crippen molar-refractivity contribution in [2.75, 3.05) is 0 Å². The van der Waals surface area contributed by atoms with Gasteiger partial charge in [0.1, 0.15) is 0 Å². The maximum atomic E-state index is 11.8. The van der Waals surface area contributed by atoms with Crippen molar-refractivity contribution in [3.8, 4) is 0 Å². The number of nitrogens with one attached hydrogen (secondary N) is 1.